The van der Waals surface area contributed by atoms with Crippen LogP contribution in [0.1, 0.15) is 11.4 Å². The maximum absolute atomic E-state index is 4.72. The lowest BCUT2D eigenvalue weighted by Crippen LogP contribution is -2.16. The van der Waals surface area contributed by atoms with Crippen LogP contribution in [0.2, 0.25) is 0 Å². The molecule has 6 heterocycles. The number of aliphatic imine (C=N–C) groups is 2. The van der Waals surface area contributed by atoms with Gasteiger partial charge in [-0.05, 0) is 60.7 Å². The highest BCUT2D eigenvalue weighted by Crippen LogP contribution is 2.19. The van der Waals surface area contributed by atoms with Crippen LogP contribution in [-0.4, -0.2) is 31.2 Å². The number of nitrogens with one attached hydrogen (secondary N) is 2. The van der Waals surface area contributed by atoms with Gasteiger partial charge in [0.25, 0.3) is 0 Å². The van der Waals surface area contributed by atoms with E-state index in [0.717, 1.165) is 44.9 Å². The van der Waals surface area contributed by atoms with E-state index in [-0.39, 0.29) is 0 Å². The average Bonchev–Trinajstić information content (AvgIpc) is 3.50. The fraction of sp³-hybridized carbons (Fsp3) is 0. The number of allylic oxidation sites excluding steroid dienone is 5. The largest absolute Gasteiger partial charge is 0.354 e. The first-order valence-electron chi connectivity index (χ1n) is 9.33. The molecule has 6 rings (SSSR count). The second-order valence-corrected chi connectivity index (χ2v) is 7.01. The molecule has 138 valence electrons. The lowest BCUT2D eigenvalue weighted by Gasteiger charge is -2.11. The molecular weight excluding hydrogens is 360 g/mol. The summed E-state index contributed by atoms with van der Waals surface area (Å²) in [5.74, 6) is 0. The molecule has 2 N–H and O–H groups in total. The molecule has 0 saturated heterocycles. The van der Waals surface area contributed by atoms with Crippen molar-refractivity contribution in [3.05, 3.63) is 113 Å². The third kappa shape index (κ3) is 3.10. The van der Waals surface area contributed by atoms with E-state index >= 15 is 0 Å². The van der Waals surface area contributed by atoms with Gasteiger partial charge in [-0.1, -0.05) is 0 Å². The van der Waals surface area contributed by atoms with Crippen molar-refractivity contribution in [2.45, 2.75) is 0 Å². The summed E-state index contributed by atoms with van der Waals surface area (Å²) >= 11 is 0. The molecule has 0 unspecified atom stereocenters. The zero-order chi connectivity index (χ0) is 19.2. The van der Waals surface area contributed by atoms with Gasteiger partial charge in [0.2, 0.25) is 6.67 Å². The van der Waals surface area contributed by atoms with E-state index in [4.69, 9.17) is 4.99 Å². The third-order valence-corrected chi connectivity index (χ3v) is 4.84. The molecule has 2 aromatic heterocycles. The Bertz CT molecular complexity index is 1340. The molecule has 2 aromatic rings. The zero-order valence-corrected chi connectivity index (χ0v) is 15.4. The number of aromatic amines is 2. The van der Waals surface area contributed by atoms with Crippen molar-refractivity contribution in [3.8, 4) is 0 Å². The second-order valence-electron chi connectivity index (χ2n) is 7.01. The monoisotopic (exact) mass is 376 g/mol. The van der Waals surface area contributed by atoms with Crippen molar-refractivity contribution in [2.75, 3.05) is 0 Å². The number of rotatable bonds is 0. The molecule has 2 radical (unpaired) electrons. The van der Waals surface area contributed by atoms with Crippen LogP contribution < -0.4 is 10.7 Å². The van der Waals surface area contributed by atoms with E-state index in [0.29, 0.717) is 0 Å². The number of hydrogen-bond acceptors (Lipinski definition) is 4. The van der Waals surface area contributed by atoms with E-state index in [1.807, 2.05) is 77.1 Å². The van der Waals surface area contributed by atoms with E-state index in [2.05, 4.69) is 39.8 Å². The lowest BCUT2D eigenvalue weighted by molar-refractivity contribution is 0.513. The van der Waals surface area contributed by atoms with Crippen molar-refractivity contribution in [1.82, 2.24) is 19.8 Å². The molecule has 29 heavy (non-hydrogen) atoms. The molecule has 0 saturated carbocycles. The Morgan fingerprint density at radius 3 is 2.55 bits per heavy atom. The van der Waals surface area contributed by atoms with Gasteiger partial charge in [-0.15, -0.1) is 0 Å². The van der Waals surface area contributed by atoms with Crippen molar-refractivity contribution in [3.63, 3.8) is 0 Å². The highest BCUT2D eigenvalue weighted by molar-refractivity contribution is 6.12. The molecule has 0 aliphatic carbocycles. The van der Waals surface area contributed by atoms with Crippen molar-refractivity contribution in [2.24, 2.45) is 9.98 Å². The lowest BCUT2D eigenvalue weighted by atomic mass is 10.2. The molecule has 0 amide bonds. The summed E-state index contributed by atoms with van der Waals surface area (Å²) in [6.45, 7) is 3.25. The Morgan fingerprint density at radius 1 is 0.724 bits per heavy atom. The van der Waals surface area contributed by atoms with E-state index in [9.17, 15) is 0 Å². The molecular formula is C23H16N6. The molecule has 10 bridgehead atoms. The minimum absolute atomic E-state index is 0.866. The molecule has 0 fully saturated rings. The predicted octanol–water partition coefficient (Wildman–Crippen LogP) is 2.10. The van der Waals surface area contributed by atoms with Crippen LogP contribution >= 0.6 is 0 Å². The van der Waals surface area contributed by atoms with Gasteiger partial charge in [-0.25, -0.2) is 9.98 Å². The molecule has 6 heteroatoms. The first-order chi connectivity index (χ1) is 14.3. The van der Waals surface area contributed by atoms with Crippen LogP contribution in [0.4, 0.5) is 0 Å². The summed E-state index contributed by atoms with van der Waals surface area (Å²) in [6, 6.07) is 8.20. The van der Waals surface area contributed by atoms with Gasteiger partial charge in [-0.2, -0.15) is 0 Å². The third-order valence-electron chi connectivity index (χ3n) is 4.84. The maximum atomic E-state index is 4.72. The van der Waals surface area contributed by atoms with Crippen LogP contribution in [-0.2, 0) is 0 Å². The van der Waals surface area contributed by atoms with Crippen LogP contribution in [0.25, 0.3) is 12.3 Å². The van der Waals surface area contributed by atoms with Gasteiger partial charge in [0.1, 0.15) is 0 Å². The number of hydrogen-bond donors (Lipinski definition) is 2. The Hall–Kier alpha value is -4.06. The maximum Gasteiger partial charge on any atom is 0.216 e. The van der Waals surface area contributed by atoms with E-state index in [1.165, 1.54) is 0 Å². The summed E-state index contributed by atoms with van der Waals surface area (Å²) in [7, 11) is 0. The van der Waals surface area contributed by atoms with Gasteiger partial charge in [0, 0.05) is 35.8 Å². The van der Waals surface area contributed by atoms with Crippen LogP contribution in [0.15, 0.2) is 94.6 Å². The summed E-state index contributed by atoms with van der Waals surface area (Å²) in [5.41, 5.74) is 5.55. The fourth-order valence-electron chi connectivity index (χ4n) is 3.49. The van der Waals surface area contributed by atoms with Gasteiger partial charge < -0.3 is 19.8 Å². The van der Waals surface area contributed by atoms with Crippen LogP contribution in [0.5, 0.6) is 0 Å². The predicted molar refractivity (Wildman–Crippen MR) is 113 cm³/mol. The first-order valence-corrected chi connectivity index (χ1v) is 9.33. The average molecular weight is 376 g/mol. The SMILES string of the molecule is [C]1N2C=CN1C=c1ccc([nH]1)=Cc1ccc([nH]1)C1=NC(=CC3=NC(=C2)C=C3)C=C1. The highest BCUT2D eigenvalue weighted by Gasteiger charge is 2.14. The minimum Gasteiger partial charge on any atom is -0.354 e. The standard InChI is InChI=1S/C23H16N6/c1-3-20-13-28-9-10-29(15-28)14-21-4-2-17(25-21)12-19-6-8-23(27-19)22-7-5-18(26-22)11-16(1)24-20/h1-14,24,26H. The molecule has 4 aliphatic heterocycles. The Balaban J connectivity index is 1.46. The number of nitrogens with zero attached hydrogens (tertiary/aromatic N) is 4. The molecule has 0 aromatic carbocycles. The van der Waals surface area contributed by atoms with Gasteiger partial charge >= 0.3 is 0 Å². The van der Waals surface area contributed by atoms with Crippen LogP contribution in [0.3, 0.4) is 0 Å². The fourth-order valence-corrected chi connectivity index (χ4v) is 3.49. The van der Waals surface area contributed by atoms with Gasteiger partial charge in [-0.3, -0.25) is 0 Å². The Morgan fingerprint density at radius 2 is 1.59 bits per heavy atom. The van der Waals surface area contributed by atoms with Crippen molar-refractivity contribution < 1.29 is 0 Å². The van der Waals surface area contributed by atoms with Gasteiger partial charge in [0.15, 0.2) is 0 Å². The smallest absolute Gasteiger partial charge is 0.216 e. The van der Waals surface area contributed by atoms with E-state index in [1.54, 1.807) is 0 Å². The molecule has 6 nitrogen and oxygen atoms in total. The number of H-pyrrole nitrogens is 2. The normalized spacial score (nSPS) is 19.0. The quantitative estimate of drug-likeness (QED) is 0.740. The van der Waals surface area contributed by atoms with E-state index < -0.39 is 0 Å². The summed E-state index contributed by atoms with van der Waals surface area (Å²) in [4.78, 5) is 19.9. The Labute approximate surface area is 167 Å². The van der Waals surface area contributed by atoms with Gasteiger partial charge in [0.05, 0.1) is 33.9 Å². The summed E-state index contributed by atoms with van der Waals surface area (Å²) < 4.78 is 0. The molecule has 4 aliphatic rings. The topological polar surface area (TPSA) is 62.8 Å². The first kappa shape index (κ1) is 15.9. The number of fused-ring (bicyclic) bond motifs is 9. The zero-order valence-electron chi connectivity index (χ0n) is 15.4. The van der Waals surface area contributed by atoms with Crippen molar-refractivity contribution >= 4 is 23.7 Å². The number of aromatic nitrogens is 2. The van der Waals surface area contributed by atoms with Crippen LogP contribution in [0, 0.1) is 6.67 Å². The Kier molecular flexibility index (Phi) is 3.43. The minimum atomic E-state index is 0.866. The molecule has 0 spiro atoms. The summed E-state index contributed by atoms with van der Waals surface area (Å²) in [6.07, 6.45) is 19.9. The second kappa shape index (κ2) is 6.24. The molecule has 0 atom stereocenters. The highest BCUT2D eigenvalue weighted by atomic mass is 15.3. The van der Waals surface area contributed by atoms with Crippen molar-refractivity contribution in [1.29, 1.82) is 0 Å². The summed E-state index contributed by atoms with van der Waals surface area (Å²) in [5, 5.41) is 2.01.